The van der Waals surface area contributed by atoms with E-state index >= 15 is 0 Å². The Balaban J connectivity index is 1.80. The van der Waals surface area contributed by atoms with Crippen LogP contribution in [-0.2, 0) is 4.79 Å². The van der Waals surface area contributed by atoms with Crippen molar-refractivity contribution in [1.29, 1.82) is 0 Å². The monoisotopic (exact) mass is 311 g/mol. The SMILES string of the molecule is CC(CN)C(=O)Nc1ccc(-c2nc3ccccc3s2)cc1. The standard InChI is InChI=1S/C17H17N3OS/c1-11(10-18)16(21)19-13-8-6-12(7-9-13)17-20-14-4-2-3-5-15(14)22-17/h2-9,11H,10,18H2,1H3,(H,19,21). The number of hydrogen-bond acceptors (Lipinski definition) is 4. The maximum Gasteiger partial charge on any atom is 0.228 e. The van der Waals surface area contributed by atoms with Crippen LogP contribution in [0.2, 0.25) is 0 Å². The van der Waals surface area contributed by atoms with Crippen LogP contribution < -0.4 is 11.1 Å². The molecule has 0 fully saturated rings. The van der Waals surface area contributed by atoms with Gasteiger partial charge in [0.05, 0.1) is 10.2 Å². The zero-order chi connectivity index (χ0) is 15.5. The first-order valence-corrected chi connectivity index (χ1v) is 7.96. The van der Waals surface area contributed by atoms with Crippen molar-refractivity contribution in [2.24, 2.45) is 11.7 Å². The Kier molecular flexibility index (Phi) is 4.18. The Bertz CT molecular complexity index is 762. The highest BCUT2D eigenvalue weighted by Gasteiger charge is 2.11. The minimum absolute atomic E-state index is 0.0600. The number of aromatic nitrogens is 1. The first-order valence-electron chi connectivity index (χ1n) is 7.14. The number of thiazole rings is 1. The minimum atomic E-state index is -0.191. The molecule has 1 aromatic heterocycles. The Morgan fingerprint density at radius 2 is 1.95 bits per heavy atom. The maximum atomic E-state index is 11.8. The van der Waals surface area contributed by atoms with E-state index in [0.717, 1.165) is 21.8 Å². The van der Waals surface area contributed by atoms with Crippen LogP contribution in [0.5, 0.6) is 0 Å². The second-order valence-electron chi connectivity index (χ2n) is 5.19. The van der Waals surface area contributed by atoms with Crippen molar-refractivity contribution in [1.82, 2.24) is 4.98 Å². The first-order chi connectivity index (χ1) is 10.7. The lowest BCUT2D eigenvalue weighted by atomic mass is 10.1. The zero-order valence-corrected chi connectivity index (χ0v) is 13.1. The van der Waals surface area contributed by atoms with Crippen LogP contribution in [0.3, 0.4) is 0 Å². The van der Waals surface area contributed by atoms with E-state index in [0.29, 0.717) is 6.54 Å². The van der Waals surface area contributed by atoms with Gasteiger partial charge in [0.1, 0.15) is 5.01 Å². The molecule has 0 bridgehead atoms. The summed E-state index contributed by atoms with van der Waals surface area (Å²) in [6, 6.07) is 15.8. The van der Waals surface area contributed by atoms with Gasteiger partial charge < -0.3 is 11.1 Å². The lowest BCUT2D eigenvalue weighted by molar-refractivity contribution is -0.119. The van der Waals surface area contributed by atoms with Gasteiger partial charge in [-0.05, 0) is 36.4 Å². The van der Waals surface area contributed by atoms with E-state index in [1.165, 1.54) is 4.70 Å². The summed E-state index contributed by atoms with van der Waals surface area (Å²) in [5.41, 5.74) is 8.33. The van der Waals surface area contributed by atoms with Crippen LogP contribution in [0.4, 0.5) is 5.69 Å². The number of nitrogens with one attached hydrogen (secondary N) is 1. The lowest BCUT2D eigenvalue weighted by Crippen LogP contribution is -2.26. The van der Waals surface area contributed by atoms with Gasteiger partial charge in [-0.25, -0.2) is 4.98 Å². The number of anilines is 1. The first kappa shape index (κ1) is 14.7. The van der Waals surface area contributed by atoms with E-state index in [9.17, 15) is 4.79 Å². The maximum absolute atomic E-state index is 11.8. The Morgan fingerprint density at radius 1 is 1.23 bits per heavy atom. The third-order valence-corrected chi connectivity index (χ3v) is 4.58. The van der Waals surface area contributed by atoms with Gasteiger partial charge in [0.25, 0.3) is 0 Å². The number of carbonyl (C=O) groups is 1. The third kappa shape index (κ3) is 3.00. The number of nitrogens with zero attached hydrogens (tertiary/aromatic N) is 1. The number of carbonyl (C=O) groups excluding carboxylic acids is 1. The van der Waals surface area contributed by atoms with E-state index in [1.54, 1.807) is 11.3 Å². The van der Waals surface area contributed by atoms with Crippen molar-refractivity contribution in [3.63, 3.8) is 0 Å². The average Bonchev–Trinajstić information content (AvgIpc) is 2.98. The molecule has 112 valence electrons. The van der Waals surface area contributed by atoms with Gasteiger partial charge in [-0.1, -0.05) is 19.1 Å². The molecule has 4 nitrogen and oxygen atoms in total. The molecule has 3 aromatic rings. The summed E-state index contributed by atoms with van der Waals surface area (Å²) in [6.45, 7) is 2.15. The van der Waals surface area contributed by atoms with Gasteiger partial charge >= 0.3 is 0 Å². The number of hydrogen-bond donors (Lipinski definition) is 2. The molecule has 0 aliphatic carbocycles. The van der Waals surface area contributed by atoms with E-state index in [2.05, 4.69) is 16.4 Å². The predicted molar refractivity (Wildman–Crippen MR) is 91.9 cm³/mol. The van der Waals surface area contributed by atoms with Gasteiger partial charge in [0.2, 0.25) is 5.91 Å². The number of para-hydroxylation sites is 1. The molecular formula is C17H17N3OS. The molecule has 0 saturated carbocycles. The second-order valence-corrected chi connectivity index (χ2v) is 6.22. The highest BCUT2D eigenvalue weighted by molar-refractivity contribution is 7.21. The molecule has 1 unspecified atom stereocenters. The van der Waals surface area contributed by atoms with Crippen LogP contribution in [0.15, 0.2) is 48.5 Å². The summed E-state index contributed by atoms with van der Waals surface area (Å²) in [6.07, 6.45) is 0. The van der Waals surface area contributed by atoms with E-state index < -0.39 is 0 Å². The topological polar surface area (TPSA) is 68.0 Å². The largest absolute Gasteiger partial charge is 0.330 e. The molecule has 1 heterocycles. The van der Waals surface area contributed by atoms with Crippen molar-refractivity contribution >= 4 is 33.1 Å². The molecule has 22 heavy (non-hydrogen) atoms. The average molecular weight is 311 g/mol. The van der Waals surface area contributed by atoms with Crippen molar-refractivity contribution < 1.29 is 4.79 Å². The molecule has 0 spiro atoms. The van der Waals surface area contributed by atoms with Gasteiger partial charge in [-0.15, -0.1) is 11.3 Å². The van der Waals surface area contributed by atoms with E-state index in [1.807, 2.05) is 49.4 Å². The van der Waals surface area contributed by atoms with Crippen LogP contribution >= 0.6 is 11.3 Å². The van der Waals surface area contributed by atoms with Gasteiger partial charge in [0, 0.05) is 23.7 Å². The molecule has 3 rings (SSSR count). The van der Waals surface area contributed by atoms with E-state index in [-0.39, 0.29) is 11.8 Å². The van der Waals surface area contributed by atoms with Crippen molar-refractivity contribution in [2.45, 2.75) is 6.92 Å². The summed E-state index contributed by atoms with van der Waals surface area (Å²) in [5.74, 6) is -0.251. The molecule has 1 amide bonds. The van der Waals surface area contributed by atoms with Gasteiger partial charge in [-0.2, -0.15) is 0 Å². The lowest BCUT2D eigenvalue weighted by Gasteiger charge is -2.10. The van der Waals surface area contributed by atoms with Crippen molar-refractivity contribution in [2.75, 3.05) is 11.9 Å². The smallest absolute Gasteiger partial charge is 0.228 e. The highest BCUT2D eigenvalue weighted by Crippen LogP contribution is 2.30. The molecule has 0 aliphatic heterocycles. The van der Waals surface area contributed by atoms with E-state index in [4.69, 9.17) is 5.73 Å². The number of rotatable bonds is 4. The Hall–Kier alpha value is -2.24. The normalized spacial score (nSPS) is 12.3. The molecule has 5 heteroatoms. The molecule has 3 N–H and O–H groups in total. The fourth-order valence-electron chi connectivity index (χ4n) is 2.06. The van der Waals surface area contributed by atoms with Crippen molar-refractivity contribution in [3.05, 3.63) is 48.5 Å². The quantitative estimate of drug-likeness (QED) is 0.775. The zero-order valence-electron chi connectivity index (χ0n) is 12.2. The van der Waals surface area contributed by atoms with Crippen LogP contribution in [0.1, 0.15) is 6.92 Å². The fourth-order valence-corrected chi connectivity index (χ4v) is 3.04. The van der Waals surface area contributed by atoms with Crippen molar-refractivity contribution in [3.8, 4) is 10.6 Å². The molecule has 1 atom stereocenters. The fraction of sp³-hybridized carbons (Fsp3) is 0.176. The number of fused-ring (bicyclic) bond motifs is 1. The highest BCUT2D eigenvalue weighted by atomic mass is 32.1. The molecule has 0 radical (unpaired) electrons. The van der Waals surface area contributed by atoms with Crippen LogP contribution in [0.25, 0.3) is 20.8 Å². The molecule has 0 saturated heterocycles. The Morgan fingerprint density at radius 3 is 2.64 bits per heavy atom. The number of benzene rings is 2. The summed E-state index contributed by atoms with van der Waals surface area (Å²) in [4.78, 5) is 16.4. The molecule has 0 aliphatic rings. The molecule has 2 aromatic carbocycles. The van der Waals surface area contributed by atoms with Gasteiger partial charge in [-0.3, -0.25) is 4.79 Å². The van der Waals surface area contributed by atoms with Crippen LogP contribution in [-0.4, -0.2) is 17.4 Å². The molecular weight excluding hydrogens is 294 g/mol. The predicted octanol–water partition coefficient (Wildman–Crippen LogP) is 3.50. The second kappa shape index (κ2) is 6.25. The third-order valence-electron chi connectivity index (χ3n) is 3.49. The summed E-state index contributed by atoms with van der Waals surface area (Å²) in [5, 5.41) is 3.84. The summed E-state index contributed by atoms with van der Waals surface area (Å²) in [7, 11) is 0. The van der Waals surface area contributed by atoms with Gasteiger partial charge in [0.15, 0.2) is 0 Å². The summed E-state index contributed by atoms with van der Waals surface area (Å²) < 4.78 is 1.17. The van der Waals surface area contributed by atoms with Crippen LogP contribution in [0, 0.1) is 5.92 Å². The Labute approximate surface area is 133 Å². The number of nitrogens with two attached hydrogens (primary N) is 1. The summed E-state index contributed by atoms with van der Waals surface area (Å²) >= 11 is 1.66. The number of amides is 1. The minimum Gasteiger partial charge on any atom is -0.330 e.